The van der Waals surface area contributed by atoms with Gasteiger partial charge in [0.2, 0.25) is 0 Å². The lowest BCUT2D eigenvalue weighted by Gasteiger charge is -2.24. The van der Waals surface area contributed by atoms with E-state index in [-0.39, 0.29) is 21.6 Å². The standard InChI is InChI=1S/C21H17ClF3N5O2/c22-19-13(4-3-6-26-19)12-8-15-17(27-9-12)18-14(20(31)29(15)11-21(23,24)25)10-28-30(18)16-5-1-2-7-32-16/h3-4,6,8-10,16H,1-2,5,7,11H2. The number of rotatable bonds is 3. The molecule has 1 saturated heterocycles. The van der Waals surface area contributed by atoms with Crippen LogP contribution in [0, 0.1) is 0 Å². The van der Waals surface area contributed by atoms with Crippen LogP contribution in [0.15, 0.2) is 41.6 Å². The molecule has 7 nitrogen and oxygen atoms in total. The summed E-state index contributed by atoms with van der Waals surface area (Å²) in [7, 11) is 0. The Hall–Kier alpha value is -2.98. The smallest absolute Gasteiger partial charge is 0.356 e. The van der Waals surface area contributed by atoms with Crippen molar-refractivity contribution in [3.05, 3.63) is 52.3 Å². The maximum atomic E-state index is 13.4. The molecule has 1 atom stereocenters. The van der Waals surface area contributed by atoms with Crippen LogP contribution in [0.2, 0.25) is 5.15 Å². The summed E-state index contributed by atoms with van der Waals surface area (Å²) in [6.45, 7) is -0.901. The summed E-state index contributed by atoms with van der Waals surface area (Å²) in [5.41, 5.74) is 0.792. The fourth-order valence-corrected chi connectivity index (χ4v) is 4.30. The summed E-state index contributed by atoms with van der Waals surface area (Å²) in [5, 5.41) is 4.53. The number of halogens is 4. The molecule has 166 valence electrons. The van der Waals surface area contributed by atoms with E-state index in [1.165, 1.54) is 24.7 Å². The monoisotopic (exact) mass is 463 g/mol. The highest BCUT2D eigenvalue weighted by Crippen LogP contribution is 2.33. The lowest BCUT2D eigenvalue weighted by molar-refractivity contribution is -0.140. The second-order valence-electron chi connectivity index (χ2n) is 7.61. The molecule has 0 N–H and O–H groups in total. The van der Waals surface area contributed by atoms with Crippen molar-refractivity contribution in [1.82, 2.24) is 24.3 Å². The Labute approximate surface area is 184 Å². The maximum absolute atomic E-state index is 13.4. The van der Waals surface area contributed by atoms with Crippen LogP contribution in [0.5, 0.6) is 0 Å². The summed E-state index contributed by atoms with van der Waals surface area (Å²) >= 11 is 6.17. The Morgan fingerprint density at radius 3 is 2.78 bits per heavy atom. The first-order valence-electron chi connectivity index (χ1n) is 10.0. The Morgan fingerprint density at radius 1 is 1.22 bits per heavy atom. The van der Waals surface area contributed by atoms with Gasteiger partial charge in [0.25, 0.3) is 5.56 Å². The highest BCUT2D eigenvalue weighted by Gasteiger charge is 2.31. The van der Waals surface area contributed by atoms with E-state index < -0.39 is 24.5 Å². The van der Waals surface area contributed by atoms with Crippen molar-refractivity contribution in [2.24, 2.45) is 0 Å². The van der Waals surface area contributed by atoms with Gasteiger partial charge in [-0.15, -0.1) is 0 Å². The molecule has 5 rings (SSSR count). The maximum Gasteiger partial charge on any atom is 0.406 e. The van der Waals surface area contributed by atoms with Crippen LogP contribution in [0.1, 0.15) is 25.5 Å². The molecule has 4 aromatic rings. The number of hydrogen-bond donors (Lipinski definition) is 0. The van der Waals surface area contributed by atoms with E-state index >= 15 is 0 Å². The minimum absolute atomic E-state index is 0.0369. The van der Waals surface area contributed by atoms with Gasteiger partial charge in [-0.1, -0.05) is 11.6 Å². The molecule has 5 heterocycles. The Morgan fingerprint density at radius 2 is 2.06 bits per heavy atom. The van der Waals surface area contributed by atoms with Gasteiger partial charge in [0.05, 0.1) is 17.1 Å². The molecule has 0 spiro atoms. The highest BCUT2D eigenvalue weighted by atomic mass is 35.5. The Bertz CT molecular complexity index is 1380. The van der Waals surface area contributed by atoms with Crippen molar-refractivity contribution in [2.75, 3.05) is 6.61 Å². The average Bonchev–Trinajstić information content (AvgIpc) is 3.22. The summed E-state index contributed by atoms with van der Waals surface area (Å²) < 4.78 is 48.2. The Kier molecular flexibility index (Phi) is 5.13. The number of fused-ring (bicyclic) bond motifs is 3. The molecule has 32 heavy (non-hydrogen) atoms. The molecule has 1 aliphatic rings. The van der Waals surface area contributed by atoms with Crippen molar-refractivity contribution >= 4 is 33.5 Å². The van der Waals surface area contributed by atoms with Crippen molar-refractivity contribution in [3.8, 4) is 11.1 Å². The van der Waals surface area contributed by atoms with Gasteiger partial charge < -0.3 is 4.74 Å². The zero-order chi connectivity index (χ0) is 22.5. The zero-order valence-electron chi connectivity index (χ0n) is 16.6. The first-order valence-corrected chi connectivity index (χ1v) is 10.4. The molecule has 4 aromatic heterocycles. The lowest BCUT2D eigenvalue weighted by Crippen LogP contribution is -2.29. The fraction of sp³-hybridized carbons (Fsp3) is 0.333. The number of nitrogens with zero attached hydrogens (tertiary/aromatic N) is 5. The quantitative estimate of drug-likeness (QED) is 0.411. The summed E-state index contributed by atoms with van der Waals surface area (Å²) in [6.07, 6.45) is 1.82. The highest BCUT2D eigenvalue weighted by molar-refractivity contribution is 6.32. The molecular weight excluding hydrogens is 447 g/mol. The number of ether oxygens (including phenoxy) is 1. The van der Waals surface area contributed by atoms with Crippen molar-refractivity contribution in [3.63, 3.8) is 0 Å². The van der Waals surface area contributed by atoms with E-state index in [0.717, 1.165) is 12.8 Å². The summed E-state index contributed by atoms with van der Waals surface area (Å²) in [4.78, 5) is 21.6. The van der Waals surface area contributed by atoms with Gasteiger partial charge >= 0.3 is 6.18 Å². The topological polar surface area (TPSA) is 74.8 Å². The first kappa shape index (κ1) is 20.9. The molecule has 0 amide bonds. The molecule has 1 unspecified atom stereocenters. The van der Waals surface area contributed by atoms with Crippen molar-refractivity contribution in [2.45, 2.75) is 38.2 Å². The second-order valence-corrected chi connectivity index (χ2v) is 7.97. The van der Waals surface area contributed by atoms with E-state index in [1.807, 2.05) is 0 Å². The minimum atomic E-state index is -4.60. The molecule has 0 bridgehead atoms. The Balaban J connectivity index is 1.82. The number of pyridine rings is 3. The predicted molar refractivity (Wildman–Crippen MR) is 112 cm³/mol. The van der Waals surface area contributed by atoms with E-state index in [9.17, 15) is 18.0 Å². The third-order valence-corrected chi connectivity index (χ3v) is 5.79. The van der Waals surface area contributed by atoms with Gasteiger partial charge in [-0.3, -0.25) is 14.3 Å². The zero-order valence-corrected chi connectivity index (χ0v) is 17.4. The molecular formula is C21H17ClF3N5O2. The molecule has 11 heteroatoms. The fourth-order valence-electron chi connectivity index (χ4n) is 4.07. The number of hydrogen-bond acceptors (Lipinski definition) is 5. The first-order chi connectivity index (χ1) is 15.3. The van der Waals surface area contributed by atoms with Crippen LogP contribution in [0.25, 0.3) is 33.1 Å². The normalized spacial score (nSPS) is 17.3. The van der Waals surface area contributed by atoms with E-state index in [0.29, 0.717) is 34.2 Å². The summed E-state index contributed by atoms with van der Waals surface area (Å²) in [6, 6.07) is 4.83. The van der Waals surface area contributed by atoms with Crippen LogP contribution in [0.3, 0.4) is 0 Å². The SMILES string of the molecule is O=c1c2cnn(C3CCCCO3)c2c2ncc(-c3cccnc3Cl)cc2n1CC(F)(F)F. The van der Waals surface area contributed by atoms with Crippen LogP contribution in [-0.4, -0.2) is 37.1 Å². The molecule has 0 aromatic carbocycles. The molecule has 0 aliphatic carbocycles. The average molecular weight is 464 g/mol. The van der Waals surface area contributed by atoms with Gasteiger partial charge in [-0.05, 0) is 37.5 Å². The van der Waals surface area contributed by atoms with Crippen LogP contribution >= 0.6 is 11.6 Å². The minimum Gasteiger partial charge on any atom is -0.356 e. The molecule has 0 saturated carbocycles. The third kappa shape index (κ3) is 3.63. The van der Waals surface area contributed by atoms with E-state index in [2.05, 4.69) is 15.1 Å². The summed E-state index contributed by atoms with van der Waals surface area (Å²) in [5.74, 6) is 0. The van der Waals surface area contributed by atoms with Gasteiger partial charge in [0.15, 0.2) is 6.23 Å². The van der Waals surface area contributed by atoms with Gasteiger partial charge in [0.1, 0.15) is 22.7 Å². The van der Waals surface area contributed by atoms with E-state index in [4.69, 9.17) is 16.3 Å². The molecule has 0 radical (unpaired) electrons. The van der Waals surface area contributed by atoms with Gasteiger partial charge in [0, 0.05) is 30.1 Å². The second kappa shape index (κ2) is 7.86. The van der Waals surface area contributed by atoms with Crippen LogP contribution in [0.4, 0.5) is 13.2 Å². The van der Waals surface area contributed by atoms with Gasteiger partial charge in [-0.25, -0.2) is 9.67 Å². The number of aromatic nitrogens is 5. The predicted octanol–water partition coefficient (Wildman–Crippen LogP) is 4.72. The van der Waals surface area contributed by atoms with E-state index in [1.54, 1.807) is 16.8 Å². The molecule has 1 fully saturated rings. The number of alkyl halides is 3. The third-order valence-electron chi connectivity index (χ3n) is 5.49. The van der Waals surface area contributed by atoms with Crippen LogP contribution in [-0.2, 0) is 11.3 Å². The largest absolute Gasteiger partial charge is 0.406 e. The van der Waals surface area contributed by atoms with Crippen LogP contribution < -0.4 is 5.56 Å². The van der Waals surface area contributed by atoms with Crippen molar-refractivity contribution < 1.29 is 17.9 Å². The van der Waals surface area contributed by atoms with Gasteiger partial charge in [-0.2, -0.15) is 18.3 Å². The molecule has 1 aliphatic heterocycles. The lowest BCUT2D eigenvalue weighted by atomic mass is 10.1. The van der Waals surface area contributed by atoms with Crippen molar-refractivity contribution in [1.29, 1.82) is 0 Å².